The van der Waals surface area contributed by atoms with E-state index in [9.17, 15) is 4.79 Å². The second-order valence-corrected chi connectivity index (χ2v) is 7.06. The fourth-order valence-electron chi connectivity index (χ4n) is 3.59. The number of ether oxygens (including phenoxy) is 1. The molecule has 1 heterocycles. The van der Waals surface area contributed by atoms with E-state index >= 15 is 0 Å². The summed E-state index contributed by atoms with van der Waals surface area (Å²) in [6, 6.07) is 20.1. The van der Waals surface area contributed by atoms with Crippen LogP contribution in [0, 0.1) is 0 Å². The summed E-state index contributed by atoms with van der Waals surface area (Å²) in [7, 11) is 1.63. The first-order valence-corrected chi connectivity index (χ1v) is 9.24. The minimum absolute atomic E-state index is 0.0638. The van der Waals surface area contributed by atoms with Crippen molar-refractivity contribution in [2.45, 2.75) is 31.1 Å². The second-order valence-electron chi connectivity index (χ2n) is 7.06. The zero-order chi connectivity index (χ0) is 18.6. The van der Waals surface area contributed by atoms with Crippen molar-refractivity contribution in [3.05, 3.63) is 77.5 Å². The summed E-state index contributed by atoms with van der Waals surface area (Å²) < 4.78 is 5.13. The smallest absolute Gasteiger partial charge is 0.229 e. The zero-order valence-electron chi connectivity index (χ0n) is 15.3. The number of carbonyl (C=O) groups excluding carboxylic acids is 1. The van der Waals surface area contributed by atoms with Gasteiger partial charge in [-0.1, -0.05) is 42.5 Å². The zero-order valence-corrected chi connectivity index (χ0v) is 15.3. The lowest BCUT2D eigenvalue weighted by Gasteiger charge is -2.34. The van der Waals surface area contributed by atoms with Gasteiger partial charge < -0.3 is 10.1 Å². The number of hydrogen-bond acceptors (Lipinski definition) is 3. The average Bonchev–Trinajstić information content (AvgIpc) is 3.10. The molecule has 1 aliphatic rings. The van der Waals surface area contributed by atoms with Crippen LogP contribution in [0.2, 0.25) is 0 Å². The Kier molecular flexibility index (Phi) is 4.92. The van der Waals surface area contributed by atoms with E-state index in [1.54, 1.807) is 7.11 Å². The van der Waals surface area contributed by atoms with E-state index in [1.807, 2.05) is 36.4 Å². The third-order valence-corrected chi connectivity index (χ3v) is 5.22. The van der Waals surface area contributed by atoms with E-state index in [-0.39, 0.29) is 5.91 Å². The quantitative estimate of drug-likeness (QED) is 0.689. The van der Waals surface area contributed by atoms with Crippen LogP contribution in [0.3, 0.4) is 0 Å². The topological polar surface area (TPSA) is 67.0 Å². The first kappa shape index (κ1) is 17.3. The number of carbonyl (C=O) groups is 1. The molecule has 1 fully saturated rings. The molecule has 0 spiro atoms. The Morgan fingerprint density at radius 3 is 2.56 bits per heavy atom. The van der Waals surface area contributed by atoms with Crippen molar-refractivity contribution in [2.75, 3.05) is 12.4 Å². The Balaban J connectivity index is 1.30. The molecule has 2 aromatic carbocycles. The Morgan fingerprint density at radius 1 is 1.11 bits per heavy atom. The third kappa shape index (κ3) is 4.03. The van der Waals surface area contributed by atoms with Gasteiger partial charge in [0, 0.05) is 12.0 Å². The van der Waals surface area contributed by atoms with Gasteiger partial charge in [-0.25, -0.2) is 0 Å². The lowest BCUT2D eigenvalue weighted by molar-refractivity contribution is -0.115. The summed E-state index contributed by atoms with van der Waals surface area (Å²) >= 11 is 0. The monoisotopic (exact) mass is 361 g/mol. The molecule has 0 unspecified atom stereocenters. The number of rotatable bonds is 6. The molecule has 3 aromatic rings. The molecule has 5 nitrogen and oxygen atoms in total. The summed E-state index contributed by atoms with van der Waals surface area (Å²) in [5.41, 5.74) is 3.37. The Labute approximate surface area is 158 Å². The molecule has 0 saturated heterocycles. The first-order valence-electron chi connectivity index (χ1n) is 9.24. The van der Waals surface area contributed by atoms with Crippen LogP contribution < -0.4 is 10.1 Å². The number of hydrogen-bond donors (Lipinski definition) is 2. The maximum Gasteiger partial charge on any atom is 0.229 e. The highest BCUT2D eigenvalue weighted by atomic mass is 16.5. The third-order valence-electron chi connectivity index (χ3n) is 5.22. The largest absolute Gasteiger partial charge is 0.497 e. The van der Waals surface area contributed by atoms with Crippen LogP contribution in [0.1, 0.15) is 41.5 Å². The minimum atomic E-state index is -0.0638. The number of nitrogens with zero attached hydrogens (tertiary/aromatic N) is 1. The van der Waals surface area contributed by atoms with Crippen LogP contribution in [0.25, 0.3) is 0 Å². The number of benzene rings is 2. The summed E-state index contributed by atoms with van der Waals surface area (Å²) in [6.07, 6.45) is 2.53. The van der Waals surface area contributed by atoms with Crippen LogP contribution in [0.15, 0.2) is 60.7 Å². The van der Waals surface area contributed by atoms with E-state index in [0.29, 0.717) is 24.1 Å². The van der Waals surface area contributed by atoms with Gasteiger partial charge in [0.2, 0.25) is 5.91 Å². The molecule has 0 atom stereocenters. The first-order chi connectivity index (χ1) is 13.2. The van der Waals surface area contributed by atoms with Gasteiger partial charge in [-0.2, -0.15) is 5.10 Å². The highest BCUT2D eigenvalue weighted by Gasteiger charge is 2.32. The SMILES string of the molecule is COc1ccc(CC(=O)Nc2cc([C@H]3C[C@@H](c4ccccc4)C3)n[nH]2)cc1. The molecule has 0 aliphatic heterocycles. The molecule has 4 rings (SSSR count). The van der Waals surface area contributed by atoms with Crippen molar-refractivity contribution in [3.63, 3.8) is 0 Å². The number of amides is 1. The predicted molar refractivity (Wildman–Crippen MR) is 105 cm³/mol. The van der Waals surface area contributed by atoms with Crippen LogP contribution in [0.5, 0.6) is 5.75 Å². The van der Waals surface area contributed by atoms with E-state index < -0.39 is 0 Å². The van der Waals surface area contributed by atoms with Crippen LogP contribution in [-0.4, -0.2) is 23.2 Å². The summed E-state index contributed by atoms with van der Waals surface area (Å²) in [5, 5.41) is 10.2. The number of methoxy groups -OCH3 is 1. The predicted octanol–water partition coefficient (Wildman–Crippen LogP) is 4.26. The molecule has 27 heavy (non-hydrogen) atoms. The molecule has 1 saturated carbocycles. The molecule has 0 bridgehead atoms. The average molecular weight is 361 g/mol. The highest BCUT2D eigenvalue weighted by molar-refractivity contribution is 5.91. The maximum absolute atomic E-state index is 12.2. The van der Waals surface area contributed by atoms with Crippen molar-refractivity contribution in [1.29, 1.82) is 0 Å². The number of nitrogens with one attached hydrogen (secondary N) is 2. The standard InChI is InChI=1S/C22H23N3O2/c1-27-19-9-7-15(8-10-19)11-22(26)23-21-14-20(24-25-21)18-12-17(13-18)16-5-3-2-4-6-16/h2-10,14,17-18H,11-13H2,1H3,(H2,23,24,25,26)/t17-,18+. The van der Waals surface area contributed by atoms with Crippen molar-refractivity contribution >= 4 is 11.7 Å². The maximum atomic E-state index is 12.2. The van der Waals surface area contributed by atoms with Crippen molar-refractivity contribution in [1.82, 2.24) is 10.2 Å². The van der Waals surface area contributed by atoms with Crippen molar-refractivity contribution in [2.24, 2.45) is 0 Å². The number of aromatic amines is 1. The van der Waals surface area contributed by atoms with Gasteiger partial charge in [-0.05, 0) is 42.0 Å². The molecule has 2 N–H and O–H groups in total. The summed E-state index contributed by atoms with van der Waals surface area (Å²) in [5.74, 6) is 2.45. The summed E-state index contributed by atoms with van der Waals surface area (Å²) in [4.78, 5) is 12.2. The van der Waals surface area contributed by atoms with Crippen molar-refractivity contribution < 1.29 is 9.53 Å². The van der Waals surface area contributed by atoms with E-state index in [4.69, 9.17) is 4.74 Å². The fraction of sp³-hybridized carbons (Fsp3) is 0.273. The van der Waals surface area contributed by atoms with Crippen molar-refractivity contribution in [3.8, 4) is 5.75 Å². The van der Waals surface area contributed by atoms with Gasteiger partial charge in [0.15, 0.2) is 0 Å². The van der Waals surface area contributed by atoms with Crippen LogP contribution in [0.4, 0.5) is 5.82 Å². The second kappa shape index (κ2) is 7.66. The molecular weight excluding hydrogens is 338 g/mol. The van der Waals surface area contributed by atoms with Gasteiger partial charge in [-0.15, -0.1) is 0 Å². The molecule has 1 amide bonds. The van der Waals surface area contributed by atoms with Gasteiger partial charge in [0.1, 0.15) is 11.6 Å². The fourth-order valence-corrected chi connectivity index (χ4v) is 3.59. The highest BCUT2D eigenvalue weighted by Crippen LogP contribution is 2.47. The molecular formula is C22H23N3O2. The van der Waals surface area contributed by atoms with Gasteiger partial charge in [-0.3, -0.25) is 9.89 Å². The van der Waals surface area contributed by atoms with Crippen LogP contribution in [-0.2, 0) is 11.2 Å². The Morgan fingerprint density at radius 2 is 1.85 bits per heavy atom. The van der Waals surface area contributed by atoms with Gasteiger partial charge in [0.25, 0.3) is 0 Å². The number of anilines is 1. The number of aromatic nitrogens is 2. The van der Waals surface area contributed by atoms with Gasteiger partial charge >= 0.3 is 0 Å². The number of H-pyrrole nitrogens is 1. The van der Waals surface area contributed by atoms with E-state index in [0.717, 1.165) is 29.8 Å². The molecule has 138 valence electrons. The Bertz CT molecular complexity index is 897. The molecule has 1 aliphatic carbocycles. The summed E-state index contributed by atoms with van der Waals surface area (Å²) in [6.45, 7) is 0. The lowest BCUT2D eigenvalue weighted by atomic mass is 9.70. The molecule has 1 aromatic heterocycles. The minimum Gasteiger partial charge on any atom is -0.497 e. The Hall–Kier alpha value is -3.08. The molecule has 5 heteroatoms. The molecule has 0 radical (unpaired) electrons. The normalized spacial score (nSPS) is 18.6. The van der Waals surface area contributed by atoms with E-state index in [2.05, 4.69) is 39.8 Å². The lowest BCUT2D eigenvalue weighted by Crippen LogP contribution is -2.20. The van der Waals surface area contributed by atoms with Gasteiger partial charge in [0.05, 0.1) is 19.2 Å². The van der Waals surface area contributed by atoms with Crippen LogP contribution >= 0.6 is 0 Å². The van der Waals surface area contributed by atoms with E-state index in [1.165, 1.54) is 5.56 Å².